The molecule has 0 N–H and O–H groups in total. The van der Waals surface area contributed by atoms with E-state index < -0.39 is 7.82 Å². The fourth-order valence-corrected chi connectivity index (χ4v) is 1.87. The molecule has 0 fully saturated rings. The number of rotatable bonds is 8. The fourth-order valence-electron chi connectivity index (χ4n) is 1.87. The average molecular weight is 443 g/mol. The van der Waals surface area contributed by atoms with E-state index in [-0.39, 0.29) is 40.8 Å². The van der Waals surface area contributed by atoms with Gasteiger partial charge in [-0.25, -0.2) is 0 Å². The zero-order valence-corrected chi connectivity index (χ0v) is 16.6. The Morgan fingerprint density at radius 2 is 1.38 bits per heavy atom. The Morgan fingerprint density at radius 1 is 0.952 bits per heavy atom. The van der Waals surface area contributed by atoms with Gasteiger partial charge < -0.3 is 19.2 Å². The summed E-state index contributed by atoms with van der Waals surface area (Å²) in [5, 5.41) is 0. The van der Waals surface area contributed by atoms with E-state index in [0.717, 1.165) is 0 Å². The first-order valence-electron chi connectivity index (χ1n) is 7.11. The number of aryl methyl sites for hydroxylation is 1. The van der Waals surface area contributed by atoms with Crippen molar-refractivity contribution in [1.29, 1.82) is 0 Å². The van der Waals surface area contributed by atoms with Crippen LogP contribution in [-0.4, -0.2) is 0 Å². The second-order valence-corrected chi connectivity index (χ2v) is 5.62. The molecule has 1 aromatic carbocycles. The standard InChI is InChI=1S/C15H23.Nd.H3O4P/c1-2-3-4-5-6-7-9-12-15-13-10-8-11-14-15;;1-5(2,3)4/h10-11,13-14H,2-7,9,12H2,1H3;;(H3,1,2,3,4)/q-1;+3;/p-3. The molecule has 0 saturated carbocycles. The monoisotopic (exact) mass is 440 g/mol. The number of phosphoric acid groups is 1. The number of hydrogen-bond donors (Lipinski definition) is 0. The molecule has 117 valence electrons. The molecule has 1 rings (SSSR count). The van der Waals surface area contributed by atoms with Gasteiger partial charge in [-0.2, -0.15) is 43.7 Å². The summed E-state index contributed by atoms with van der Waals surface area (Å²) >= 11 is 0. The first kappa shape index (κ1) is 23.9. The third kappa shape index (κ3) is 23.1. The molecule has 0 aromatic heterocycles. The van der Waals surface area contributed by atoms with Crippen LogP contribution in [0.1, 0.15) is 57.4 Å². The van der Waals surface area contributed by atoms with Gasteiger partial charge in [0.15, 0.2) is 0 Å². The van der Waals surface area contributed by atoms with Crippen LogP contribution in [0.5, 0.6) is 0 Å². The minimum absolute atomic E-state index is 0. The summed E-state index contributed by atoms with van der Waals surface area (Å²) in [6.45, 7) is 2.27. The molecule has 0 amide bonds. The third-order valence-corrected chi connectivity index (χ3v) is 2.86. The van der Waals surface area contributed by atoms with Gasteiger partial charge >= 0.3 is 40.8 Å². The van der Waals surface area contributed by atoms with Gasteiger partial charge in [0.05, 0.1) is 0 Å². The maximum Gasteiger partial charge on any atom is 3.00 e. The van der Waals surface area contributed by atoms with Crippen LogP contribution in [0.3, 0.4) is 0 Å². The zero-order valence-electron chi connectivity index (χ0n) is 12.5. The van der Waals surface area contributed by atoms with Gasteiger partial charge in [0.1, 0.15) is 0 Å². The number of unbranched alkanes of at least 4 members (excludes halogenated alkanes) is 6. The van der Waals surface area contributed by atoms with Crippen LogP contribution in [0.2, 0.25) is 0 Å². The zero-order chi connectivity index (χ0) is 15.3. The van der Waals surface area contributed by atoms with E-state index in [9.17, 15) is 0 Å². The van der Waals surface area contributed by atoms with Crippen LogP contribution >= 0.6 is 7.82 Å². The van der Waals surface area contributed by atoms with Gasteiger partial charge in [-0.3, -0.25) is 0 Å². The Bertz CT molecular complexity index is 359. The molecule has 0 atom stereocenters. The van der Waals surface area contributed by atoms with Crippen molar-refractivity contribution in [3.05, 3.63) is 35.9 Å². The summed E-state index contributed by atoms with van der Waals surface area (Å²) in [5.41, 5.74) is 1.46. The van der Waals surface area contributed by atoms with Gasteiger partial charge in [0.2, 0.25) is 0 Å². The number of benzene rings is 1. The van der Waals surface area contributed by atoms with E-state index in [2.05, 4.69) is 25.1 Å². The molecule has 0 heterocycles. The summed E-state index contributed by atoms with van der Waals surface area (Å²) in [4.78, 5) is 25.6. The second-order valence-electron chi connectivity index (χ2n) is 4.73. The fraction of sp³-hybridized carbons (Fsp3) is 0.600. The molecule has 0 aliphatic carbocycles. The Labute approximate surface area is 161 Å². The van der Waals surface area contributed by atoms with Crippen LogP contribution in [0.15, 0.2) is 24.3 Å². The SMILES string of the molecule is CCCCCCCCCc1cc[c-]cc1.O=P([O-])([O-])[O-].[Nd+3]. The largest absolute Gasteiger partial charge is 3.00 e. The molecule has 1 aromatic rings. The van der Waals surface area contributed by atoms with Crippen molar-refractivity contribution in [3.8, 4) is 0 Å². The summed E-state index contributed by atoms with van der Waals surface area (Å²) < 4.78 is 8.55. The van der Waals surface area contributed by atoms with E-state index in [1.165, 1.54) is 56.9 Å². The quantitative estimate of drug-likeness (QED) is 0.350. The Morgan fingerprint density at radius 3 is 1.86 bits per heavy atom. The van der Waals surface area contributed by atoms with Gasteiger partial charge in [0, 0.05) is 0 Å². The van der Waals surface area contributed by atoms with E-state index in [1.807, 2.05) is 12.1 Å². The molecule has 0 spiro atoms. The van der Waals surface area contributed by atoms with Gasteiger partial charge in [-0.1, -0.05) is 58.3 Å². The normalized spacial score (nSPS) is 10.3. The molecule has 0 unspecified atom stereocenters. The summed E-state index contributed by atoms with van der Waals surface area (Å²) in [6, 6.07) is 11.4. The summed E-state index contributed by atoms with van der Waals surface area (Å²) in [6.07, 6.45) is 11.0. The van der Waals surface area contributed by atoms with Crippen LogP contribution < -0.4 is 14.7 Å². The van der Waals surface area contributed by atoms with Crippen molar-refractivity contribution < 1.29 is 60.1 Å². The first-order valence-corrected chi connectivity index (χ1v) is 8.57. The maximum absolute atomic E-state index is 8.55. The van der Waals surface area contributed by atoms with E-state index >= 15 is 0 Å². The molecule has 1 radical (unpaired) electrons. The van der Waals surface area contributed by atoms with Crippen molar-refractivity contribution in [2.24, 2.45) is 0 Å². The third-order valence-electron chi connectivity index (χ3n) is 2.86. The van der Waals surface area contributed by atoms with Gasteiger partial charge in [0.25, 0.3) is 0 Å². The molecule has 0 aliphatic heterocycles. The second kappa shape index (κ2) is 15.6. The van der Waals surface area contributed by atoms with Crippen molar-refractivity contribution in [2.75, 3.05) is 0 Å². The van der Waals surface area contributed by atoms with E-state index in [0.29, 0.717) is 0 Å². The molecule has 0 aliphatic rings. The van der Waals surface area contributed by atoms with E-state index in [1.54, 1.807) is 0 Å². The topological polar surface area (TPSA) is 86.2 Å². The molecular formula is C15H23NdO4P-. The first-order chi connectivity index (χ1) is 9.43. The molecule has 21 heavy (non-hydrogen) atoms. The number of hydrogen-bond acceptors (Lipinski definition) is 4. The van der Waals surface area contributed by atoms with Crippen molar-refractivity contribution >= 4 is 7.82 Å². The molecule has 0 saturated heterocycles. The maximum atomic E-state index is 8.55. The van der Waals surface area contributed by atoms with Crippen LogP contribution in [0.25, 0.3) is 0 Å². The average Bonchev–Trinajstić information content (AvgIpc) is 2.37. The van der Waals surface area contributed by atoms with Crippen LogP contribution in [0.4, 0.5) is 0 Å². The van der Waals surface area contributed by atoms with Gasteiger partial charge in [-0.15, -0.1) is 0 Å². The molecule has 4 nitrogen and oxygen atoms in total. The molecule has 6 heteroatoms. The minimum Gasteiger partial charge on any atom is -0.822 e. The van der Waals surface area contributed by atoms with E-state index in [4.69, 9.17) is 19.2 Å². The van der Waals surface area contributed by atoms with Crippen LogP contribution in [-0.2, 0) is 11.0 Å². The predicted molar refractivity (Wildman–Crippen MR) is 74.6 cm³/mol. The van der Waals surface area contributed by atoms with Crippen molar-refractivity contribution in [3.63, 3.8) is 0 Å². The molecular weight excluding hydrogens is 419 g/mol. The summed E-state index contributed by atoms with van der Waals surface area (Å²) in [7, 11) is -5.39. The smallest absolute Gasteiger partial charge is 0.822 e. The molecule has 0 bridgehead atoms. The predicted octanol–water partition coefficient (Wildman–Crippen LogP) is 1.96. The Balaban J connectivity index is 0. The summed E-state index contributed by atoms with van der Waals surface area (Å²) in [5.74, 6) is 0. The van der Waals surface area contributed by atoms with Crippen molar-refractivity contribution in [1.82, 2.24) is 0 Å². The Kier molecular flexibility index (Phi) is 17.8. The van der Waals surface area contributed by atoms with Gasteiger partial charge in [-0.05, 0) is 0 Å². The minimum atomic E-state index is -5.39. The van der Waals surface area contributed by atoms with Crippen molar-refractivity contribution in [2.45, 2.75) is 58.3 Å². The van der Waals surface area contributed by atoms with Crippen LogP contribution in [0, 0.1) is 46.9 Å². The Hall–Kier alpha value is 0.681.